The Balaban J connectivity index is 1.75. The first-order valence-electron chi connectivity index (χ1n) is 8.65. The van der Waals surface area contributed by atoms with E-state index >= 15 is 0 Å². The summed E-state index contributed by atoms with van der Waals surface area (Å²) in [6, 6.07) is 6.34. The molecule has 31 heavy (non-hydrogen) atoms. The van der Waals surface area contributed by atoms with Crippen LogP contribution in [0.25, 0.3) is 6.08 Å². The predicted molar refractivity (Wildman–Crippen MR) is 107 cm³/mol. The molecule has 1 aliphatic rings. The minimum Gasteiger partial charge on any atom is -0.497 e. The monoisotopic (exact) mass is 452 g/mol. The SMILES string of the molecule is COc1cc(/C=C2/SC(=O)N(CC(=O)Nc3ccc(F)c(F)c3F)C2=O)cc(OC)c1. The van der Waals surface area contributed by atoms with Gasteiger partial charge in [0.25, 0.3) is 11.1 Å². The number of hydrogen-bond donors (Lipinski definition) is 1. The molecular formula is C20H15F3N2O5S. The fourth-order valence-electron chi connectivity index (χ4n) is 2.66. The van der Waals surface area contributed by atoms with Crippen LogP contribution in [0.3, 0.4) is 0 Å². The molecule has 2 aromatic carbocycles. The number of anilines is 1. The normalized spacial score (nSPS) is 14.9. The maximum absolute atomic E-state index is 13.7. The number of ether oxygens (including phenoxy) is 2. The Labute approximate surface area is 178 Å². The van der Waals surface area contributed by atoms with Crippen molar-refractivity contribution < 1.29 is 37.0 Å². The molecule has 0 spiro atoms. The average Bonchev–Trinajstić information content (AvgIpc) is 3.01. The van der Waals surface area contributed by atoms with Crippen LogP contribution in [0, 0.1) is 17.5 Å². The van der Waals surface area contributed by atoms with Gasteiger partial charge in [0.1, 0.15) is 18.0 Å². The Bertz CT molecular complexity index is 1080. The molecule has 1 fully saturated rings. The maximum atomic E-state index is 13.7. The van der Waals surface area contributed by atoms with Gasteiger partial charge in [-0.25, -0.2) is 13.2 Å². The van der Waals surface area contributed by atoms with Gasteiger partial charge in [-0.3, -0.25) is 19.3 Å². The van der Waals surface area contributed by atoms with Gasteiger partial charge in [-0.2, -0.15) is 0 Å². The fraction of sp³-hybridized carbons (Fsp3) is 0.150. The van der Waals surface area contributed by atoms with Gasteiger partial charge in [-0.1, -0.05) is 0 Å². The number of rotatable bonds is 6. The molecule has 2 aromatic rings. The lowest BCUT2D eigenvalue weighted by molar-refractivity contribution is -0.127. The van der Waals surface area contributed by atoms with Crippen molar-refractivity contribution in [2.24, 2.45) is 0 Å². The number of carbonyl (C=O) groups is 3. The standard InChI is InChI=1S/C20H15F3N2O5S/c1-29-11-5-10(6-12(8-11)30-2)7-15-19(27)25(20(28)31-15)9-16(26)24-14-4-3-13(21)17(22)18(14)23/h3-8H,9H2,1-2H3,(H,24,26)/b15-7+. The zero-order chi connectivity index (χ0) is 22.7. The maximum Gasteiger partial charge on any atom is 0.294 e. The highest BCUT2D eigenvalue weighted by molar-refractivity contribution is 8.18. The molecule has 3 rings (SSSR count). The van der Waals surface area contributed by atoms with Gasteiger partial charge in [-0.15, -0.1) is 0 Å². The molecule has 0 unspecified atom stereocenters. The summed E-state index contributed by atoms with van der Waals surface area (Å²) in [5.74, 6) is -5.51. The van der Waals surface area contributed by atoms with Crippen molar-refractivity contribution in [2.75, 3.05) is 26.1 Å². The number of imide groups is 1. The van der Waals surface area contributed by atoms with Crippen LogP contribution < -0.4 is 14.8 Å². The van der Waals surface area contributed by atoms with Gasteiger partial charge < -0.3 is 14.8 Å². The molecule has 0 saturated carbocycles. The van der Waals surface area contributed by atoms with Crippen LogP contribution in [0.4, 0.5) is 23.7 Å². The Morgan fingerprint density at radius 2 is 1.71 bits per heavy atom. The largest absolute Gasteiger partial charge is 0.497 e. The molecule has 0 radical (unpaired) electrons. The third kappa shape index (κ3) is 4.82. The fourth-order valence-corrected chi connectivity index (χ4v) is 3.49. The van der Waals surface area contributed by atoms with Gasteiger partial charge >= 0.3 is 0 Å². The van der Waals surface area contributed by atoms with Crippen LogP contribution in [0.15, 0.2) is 35.2 Å². The van der Waals surface area contributed by atoms with E-state index in [-0.39, 0.29) is 4.91 Å². The molecule has 1 heterocycles. The summed E-state index contributed by atoms with van der Waals surface area (Å²) in [5, 5.41) is 1.30. The first-order chi connectivity index (χ1) is 14.7. The van der Waals surface area contributed by atoms with E-state index in [0.29, 0.717) is 39.8 Å². The van der Waals surface area contributed by atoms with E-state index in [1.807, 2.05) is 5.32 Å². The van der Waals surface area contributed by atoms with Gasteiger partial charge in [0.2, 0.25) is 5.91 Å². The summed E-state index contributed by atoms with van der Waals surface area (Å²) in [6.45, 7) is -0.734. The molecule has 7 nitrogen and oxygen atoms in total. The highest BCUT2D eigenvalue weighted by atomic mass is 32.2. The molecule has 0 aliphatic carbocycles. The minimum absolute atomic E-state index is 0.0483. The topological polar surface area (TPSA) is 84.9 Å². The van der Waals surface area contributed by atoms with Crippen LogP contribution in [-0.4, -0.2) is 42.7 Å². The second-order valence-corrected chi connectivity index (χ2v) is 7.18. The quantitative estimate of drug-likeness (QED) is 0.530. The highest BCUT2D eigenvalue weighted by Gasteiger charge is 2.36. The Kier molecular flexibility index (Phi) is 6.54. The molecule has 0 bridgehead atoms. The van der Waals surface area contributed by atoms with Crippen LogP contribution in [-0.2, 0) is 9.59 Å². The Morgan fingerprint density at radius 3 is 2.32 bits per heavy atom. The summed E-state index contributed by atoms with van der Waals surface area (Å²) in [5.41, 5.74) is -0.0927. The molecule has 0 atom stereocenters. The predicted octanol–water partition coefficient (Wildman–Crippen LogP) is 3.80. The number of nitrogens with zero attached hydrogens (tertiary/aromatic N) is 1. The summed E-state index contributed by atoms with van der Waals surface area (Å²) >= 11 is 0.613. The Morgan fingerprint density at radius 1 is 1.06 bits per heavy atom. The molecule has 3 amide bonds. The molecule has 1 aliphatic heterocycles. The van der Waals surface area contributed by atoms with E-state index in [4.69, 9.17) is 9.47 Å². The van der Waals surface area contributed by atoms with Gasteiger partial charge in [0.05, 0.1) is 24.8 Å². The Hall–Kier alpha value is -3.47. The van der Waals surface area contributed by atoms with E-state index in [9.17, 15) is 27.6 Å². The van der Waals surface area contributed by atoms with Crippen molar-refractivity contribution in [1.29, 1.82) is 0 Å². The van der Waals surface area contributed by atoms with Crippen LogP contribution in [0.1, 0.15) is 5.56 Å². The zero-order valence-electron chi connectivity index (χ0n) is 16.2. The van der Waals surface area contributed by atoms with Gasteiger partial charge in [0.15, 0.2) is 17.5 Å². The average molecular weight is 452 g/mol. The first-order valence-corrected chi connectivity index (χ1v) is 9.47. The lowest BCUT2D eigenvalue weighted by Gasteiger charge is -2.13. The van der Waals surface area contributed by atoms with E-state index < -0.39 is 46.7 Å². The number of methoxy groups -OCH3 is 2. The number of halogens is 3. The number of nitrogens with one attached hydrogen (secondary N) is 1. The van der Waals surface area contributed by atoms with Crippen molar-refractivity contribution >= 4 is 40.6 Å². The molecular weight excluding hydrogens is 437 g/mol. The molecule has 0 aromatic heterocycles. The molecule has 162 valence electrons. The smallest absolute Gasteiger partial charge is 0.294 e. The zero-order valence-corrected chi connectivity index (χ0v) is 17.0. The summed E-state index contributed by atoms with van der Waals surface area (Å²) in [6.07, 6.45) is 1.43. The van der Waals surface area contributed by atoms with Gasteiger partial charge in [-0.05, 0) is 47.7 Å². The molecule has 1 N–H and O–H groups in total. The van der Waals surface area contributed by atoms with Crippen molar-refractivity contribution in [1.82, 2.24) is 4.90 Å². The third-order valence-corrected chi connectivity index (χ3v) is 5.06. The first kappa shape index (κ1) is 22.2. The number of benzene rings is 2. The lowest BCUT2D eigenvalue weighted by atomic mass is 10.2. The van der Waals surface area contributed by atoms with Crippen molar-refractivity contribution in [3.8, 4) is 11.5 Å². The van der Waals surface area contributed by atoms with E-state index in [1.165, 1.54) is 20.3 Å². The highest BCUT2D eigenvalue weighted by Crippen LogP contribution is 2.33. The molecule has 11 heteroatoms. The van der Waals surface area contributed by atoms with Crippen LogP contribution >= 0.6 is 11.8 Å². The summed E-state index contributed by atoms with van der Waals surface area (Å²) in [4.78, 5) is 37.6. The van der Waals surface area contributed by atoms with Crippen LogP contribution in [0.5, 0.6) is 11.5 Å². The van der Waals surface area contributed by atoms with Crippen molar-refractivity contribution in [3.05, 3.63) is 58.3 Å². The minimum atomic E-state index is -1.75. The second kappa shape index (κ2) is 9.13. The number of hydrogen-bond acceptors (Lipinski definition) is 6. The number of carbonyl (C=O) groups excluding carboxylic acids is 3. The summed E-state index contributed by atoms with van der Waals surface area (Å²) < 4.78 is 50.3. The molecule has 1 saturated heterocycles. The van der Waals surface area contributed by atoms with E-state index in [1.54, 1.807) is 18.2 Å². The summed E-state index contributed by atoms with van der Waals surface area (Å²) in [7, 11) is 2.92. The lowest BCUT2D eigenvalue weighted by Crippen LogP contribution is -2.36. The number of amides is 3. The second-order valence-electron chi connectivity index (χ2n) is 6.18. The van der Waals surface area contributed by atoms with Crippen molar-refractivity contribution in [2.45, 2.75) is 0 Å². The number of thioether (sulfide) groups is 1. The van der Waals surface area contributed by atoms with Crippen molar-refractivity contribution in [3.63, 3.8) is 0 Å². The van der Waals surface area contributed by atoms with Crippen LogP contribution in [0.2, 0.25) is 0 Å². The van der Waals surface area contributed by atoms with E-state index in [0.717, 1.165) is 6.07 Å². The van der Waals surface area contributed by atoms with E-state index in [2.05, 4.69) is 0 Å². The third-order valence-electron chi connectivity index (χ3n) is 4.16. The van der Waals surface area contributed by atoms with Gasteiger partial charge in [0, 0.05) is 6.07 Å².